The van der Waals surface area contributed by atoms with Crippen LogP contribution in [-0.4, -0.2) is 57.3 Å². The normalized spacial score (nSPS) is 18.0. The monoisotopic (exact) mass is 552 g/mol. The molecule has 0 atom stereocenters. The Bertz CT molecular complexity index is 1470. The molecule has 3 aromatic rings. The van der Waals surface area contributed by atoms with E-state index in [9.17, 15) is 13.2 Å². The molecule has 192 valence electrons. The van der Waals surface area contributed by atoms with Crippen LogP contribution in [-0.2, 0) is 14.8 Å². The molecule has 0 unspecified atom stereocenters. The topological polar surface area (TPSA) is 75.5 Å². The minimum absolute atomic E-state index is 0.118. The number of benzene rings is 2. The minimum atomic E-state index is -3.58. The summed E-state index contributed by atoms with van der Waals surface area (Å²) < 4.78 is 30.3. The summed E-state index contributed by atoms with van der Waals surface area (Å²) in [5.74, 6) is 0.172. The molecule has 0 saturated carbocycles. The lowest BCUT2D eigenvalue weighted by atomic mass is 10.1. The average Bonchev–Trinajstić information content (AvgIpc) is 3.63. The third-order valence-corrected chi connectivity index (χ3v) is 9.55. The zero-order valence-corrected chi connectivity index (χ0v) is 23.2. The van der Waals surface area contributed by atoms with Crippen molar-refractivity contribution in [2.75, 3.05) is 19.6 Å². The van der Waals surface area contributed by atoms with Crippen LogP contribution in [0.4, 0.5) is 0 Å². The number of carbonyl (C=O) groups excluding carboxylic acids is 1. The first-order valence-electron chi connectivity index (χ1n) is 12.2. The first-order valence-corrected chi connectivity index (χ1v) is 14.9. The van der Waals surface area contributed by atoms with Crippen molar-refractivity contribution in [1.82, 2.24) is 19.0 Å². The number of para-hydroxylation sites is 1. The van der Waals surface area contributed by atoms with Gasteiger partial charge in [-0.05, 0) is 49.1 Å². The Kier molecular flexibility index (Phi) is 7.35. The van der Waals surface area contributed by atoms with Crippen LogP contribution in [0.5, 0.6) is 0 Å². The third kappa shape index (κ3) is 5.29. The van der Waals surface area contributed by atoms with Crippen molar-refractivity contribution in [1.29, 1.82) is 0 Å². The molecule has 0 N–H and O–H groups in total. The number of hydrogen-bond acceptors (Lipinski definition) is 6. The molecule has 1 amide bonds. The van der Waals surface area contributed by atoms with Gasteiger partial charge in [-0.1, -0.05) is 68.2 Å². The minimum Gasteiger partial charge on any atom is -0.293 e. The molecule has 3 heterocycles. The van der Waals surface area contributed by atoms with E-state index in [4.69, 9.17) is 17.3 Å². The van der Waals surface area contributed by atoms with Gasteiger partial charge in [0.1, 0.15) is 10.0 Å². The fourth-order valence-electron chi connectivity index (χ4n) is 4.48. The second-order valence-corrected chi connectivity index (χ2v) is 13.2. The van der Waals surface area contributed by atoms with E-state index in [0.717, 1.165) is 18.5 Å². The van der Waals surface area contributed by atoms with Gasteiger partial charge < -0.3 is 0 Å². The Morgan fingerprint density at radius 2 is 1.81 bits per heavy atom. The molecule has 2 saturated heterocycles. The summed E-state index contributed by atoms with van der Waals surface area (Å²) in [5, 5.41) is 4.82. The molecule has 2 fully saturated rings. The van der Waals surface area contributed by atoms with Gasteiger partial charge in [0, 0.05) is 37.0 Å². The lowest BCUT2D eigenvalue weighted by Crippen LogP contribution is -2.31. The molecule has 2 aromatic carbocycles. The van der Waals surface area contributed by atoms with Crippen LogP contribution >= 0.6 is 24.0 Å². The molecular weight excluding hydrogens is 525 g/mol. The van der Waals surface area contributed by atoms with E-state index in [1.807, 2.05) is 62.5 Å². The van der Waals surface area contributed by atoms with Gasteiger partial charge in [0.2, 0.25) is 10.0 Å². The van der Waals surface area contributed by atoms with Crippen molar-refractivity contribution in [2.24, 2.45) is 5.92 Å². The molecule has 0 radical (unpaired) electrons. The highest BCUT2D eigenvalue weighted by molar-refractivity contribution is 8.26. The van der Waals surface area contributed by atoms with E-state index in [-0.39, 0.29) is 10.8 Å². The van der Waals surface area contributed by atoms with E-state index >= 15 is 0 Å². The highest BCUT2D eigenvalue weighted by atomic mass is 32.2. The van der Waals surface area contributed by atoms with Gasteiger partial charge in [-0.3, -0.25) is 9.69 Å². The molecule has 2 aliphatic rings. The summed E-state index contributed by atoms with van der Waals surface area (Å²) in [6, 6.07) is 16.6. The first-order chi connectivity index (χ1) is 17.7. The fourth-order valence-corrected chi connectivity index (χ4v) is 7.30. The summed E-state index contributed by atoms with van der Waals surface area (Å²) in [6.45, 7) is 5.74. The van der Waals surface area contributed by atoms with E-state index in [2.05, 4.69) is 0 Å². The van der Waals surface area contributed by atoms with Crippen LogP contribution in [0.3, 0.4) is 0 Å². The van der Waals surface area contributed by atoms with E-state index in [0.29, 0.717) is 51.6 Å². The van der Waals surface area contributed by atoms with Crippen molar-refractivity contribution in [3.8, 4) is 16.9 Å². The summed E-state index contributed by atoms with van der Waals surface area (Å²) >= 11 is 6.76. The molecule has 1 aromatic heterocycles. The number of carbonyl (C=O) groups is 1. The zero-order chi connectivity index (χ0) is 26.2. The maximum atomic E-state index is 13.2. The summed E-state index contributed by atoms with van der Waals surface area (Å²) in [4.78, 5) is 15.6. The van der Waals surface area contributed by atoms with Gasteiger partial charge in [-0.2, -0.15) is 9.40 Å². The van der Waals surface area contributed by atoms with Crippen LogP contribution in [0.15, 0.2) is 70.6 Å². The molecule has 7 nitrogen and oxygen atoms in total. The molecule has 5 rings (SSSR count). The van der Waals surface area contributed by atoms with Gasteiger partial charge in [0.25, 0.3) is 5.91 Å². The van der Waals surface area contributed by atoms with E-state index < -0.39 is 10.0 Å². The quantitative estimate of drug-likeness (QED) is 0.297. The van der Waals surface area contributed by atoms with Gasteiger partial charge in [0.15, 0.2) is 0 Å². The van der Waals surface area contributed by atoms with Gasteiger partial charge in [-0.15, -0.1) is 0 Å². The summed E-state index contributed by atoms with van der Waals surface area (Å²) in [7, 11) is -3.58. The van der Waals surface area contributed by atoms with Crippen LogP contribution in [0.2, 0.25) is 0 Å². The summed E-state index contributed by atoms with van der Waals surface area (Å²) in [6.07, 6.45) is 5.42. The number of nitrogens with zero attached hydrogens (tertiary/aromatic N) is 4. The molecule has 2 aliphatic heterocycles. The van der Waals surface area contributed by atoms with Crippen molar-refractivity contribution >= 4 is 50.3 Å². The maximum absolute atomic E-state index is 13.2. The Balaban J connectivity index is 1.58. The van der Waals surface area contributed by atoms with Crippen LogP contribution in [0.25, 0.3) is 23.0 Å². The largest absolute Gasteiger partial charge is 0.293 e. The van der Waals surface area contributed by atoms with E-state index in [1.54, 1.807) is 27.8 Å². The molecule has 0 spiro atoms. The number of thiocarbonyl (C=S) groups is 1. The fraction of sp³-hybridized carbons (Fsp3) is 0.296. The Morgan fingerprint density at radius 3 is 2.51 bits per heavy atom. The Hall–Kier alpha value is -2.79. The predicted octanol–water partition coefficient (Wildman–Crippen LogP) is 5.18. The lowest BCUT2D eigenvalue weighted by molar-refractivity contribution is -0.122. The SMILES string of the molecule is CC(C)CN1C(=O)C(=Cc2cn(-c3ccccc3)nc2-c2cccc(S(=O)(=O)N3CCCC3)c2)SC1=S. The van der Waals surface area contributed by atoms with Crippen molar-refractivity contribution in [3.63, 3.8) is 0 Å². The lowest BCUT2D eigenvalue weighted by Gasteiger charge is -2.16. The summed E-state index contributed by atoms with van der Waals surface area (Å²) in [5.41, 5.74) is 2.83. The van der Waals surface area contributed by atoms with Crippen molar-refractivity contribution < 1.29 is 13.2 Å². The molecule has 10 heteroatoms. The number of sulfonamides is 1. The van der Waals surface area contributed by atoms with Gasteiger partial charge in [0.05, 0.1) is 15.5 Å². The maximum Gasteiger partial charge on any atom is 0.266 e. The number of rotatable bonds is 7. The third-order valence-electron chi connectivity index (χ3n) is 6.28. The van der Waals surface area contributed by atoms with Crippen LogP contribution in [0.1, 0.15) is 32.3 Å². The number of hydrogen-bond donors (Lipinski definition) is 0. The second-order valence-electron chi connectivity index (χ2n) is 9.54. The zero-order valence-electron chi connectivity index (χ0n) is 20.7. The van der Waals surface area contributed by atoms with Crippen LogP contribution < -0.4 is 0 Å². The number of aromatic nitrogens is 2. The molecule has 0 aliphatic carbocycles. The van der Waals surface area contributed by atoms with Crippen molar-refractivity contribution in [2.45, 2.75) is 31.6 Å². The molecular formula is C27H28N4O3S3. The number of amides is 1. The molecule has 37 heavy (non-hydrogen) atoms. The van der Waals surface area contributed by atoms with E-state index in [1.165, 1.54) is 16.1 Å². The second kappa shape index (κ2) is 10.5. The Labute approximate surface area is 227 Å². The van der Waals surface area contributed by atoms with Crippen LogP contribution in [0, 0.1) is 5.92 Å². The number of thioether (sulfide) groups is 1. The first kappa shape index (κ1) is 25.8. The molecule has 0 bridgehead atoms. The Morgan fingerprint density at radius 1 is 1.08 bits per heavy atom. The van der Waals surface area contributed by atoms with Crippen molar-refractivity contribution in [3.05, 3.63) is 71.3 Å². The highest BCUT2D eigenvalue weighted by Gasteiger charge is 2.33. The standard InChI is InChI=1S/C27H28N4O3S3/c1-19(2)17-30-26(32)24(36-27(30)35)16-21-18-31(22-10-4-3-5-11-22)28-25(21)20-9-8-12-23(15-20)37(33,34)29-13-6-7-14-29/h3-5,8-12,15-16,18-19H,6-7,13-14,17H2,1-2H3. The van der Waals surface area contributed by atoms with Gasteiger partial charge in [-0.25, -0.2) is 13.1 Å². The smallest absolute Gasteiger partial charge is 0.266 e. The van der Waals surface area contributed by atoms with Gasteiger partial charge >= 0.3 is 0 Å². The predicted molar refractivity (Wildman–Crippen MR) is 152 cm³/mol. The average molecular weight is 553 g/mol. The highest BCUT2D eigenvalue weighted by Crippen LogP contribution is 2.36.